The van der Waals surface area contributed by atoms with Crippen molar-refractivity contribution in [1.29, 1.82) is 0 Å². The van der Waals surface area contributed by atoms with Gasteiger partial charge in [0.25, 0.3) is 5.91 Å². The molecule has 4 heterocycles. The van der Waals surface area contributed by atoms with Crippen LogP contribution in [-0.4, -0.2) is 67.3 Å². The second-order valence-corrected chi connectivity index (χ2v) is 7.61. The molecule has 1 saturated heterocycles. The SMILES string of the molecule is CCn1c(CN(C)C)nnc1C1CCN(C(=O)c2cnn3ccccc23)CC1. The van der Waals surface area contributed by atoms with Gasteiger partial charge in [0.1, 0.15) is 11.6 Å². The minimum Gasteiger partial charge on any atom is -0.338 e. The van der Waals surface area contributed by atoms with Crippen molar-refractivity contribution in [3.05, 3.63) is 47.8 Å². The maximum atomic E-state index is 13.0. The minimum absolute atomic E-state index is 0.0601. The van der Waals surface area contributed by atoms with E-state index in [1.807, 2.05) is 43.4 Å². The predicted molar refractivity (Wildman–Crippen MR) is 106 cm³/mol. The molecule has 0 radical (unpaired) electrons. The van der Waals surface area contributed by atoms with Crippen LogP contribution >= 0.6 is 0 Å². The van der Waals surface area contributed by atoms with Crippen LogP contribution in [-0.2, 0) is 13.1 Å². The molecule has 8 nitrogen and oxygen atoms in total. The van der Waals surface area contributed by atoms with Gasteiger partial charge >= 0.3 is 0 Å². The van der Waals surface area contributed by atoms with E-state index in [0.717, 1.165) is 56.2 Å². The van der Waals surface area contributed by atoms with Gasteiger partial charge in [-0.25, -0.2) is 4.52 Å². The van der Waals surface area contributed by atoms with Gasteiger partial charge in [-0.15, -0.1) is 10.2 Å². The maximum absolute atomic E-state index is 13.0. The van der Waals surface area contributed by atoms with Crippen LogP contribution in [0.2, 0.25) is 0 Å². The zero-order chi connectivity index (χ0) is 19.7. The molecule has 148 valence electrons. The van der Waals surface area contributed by atoms with Crippen molar-refractivity contribution in [1.82, 2.24) is 34.2 Å². The number of hydrogen-bond donors (Lipinski definition) is 0. The van der Waals surface area contributed by atoms with Crippen molar-refractivity contribution in [2.45, 2.75) is 38.8 Å². The number of hydrogen-bond acceptors (Lipinski definition) is 5. The fraction of sp³-hybridized carbons (Fsp3) is 0.500. The van der Waals surface area contributed by atoms with E-state index in [1.54, 1.807) is 10.7 Å². The molecule has 8 heteroatoms. The van der Waals surface area contributed by atoms with Crippen molar-refractivity contribution in [3.63, 3.8) is 0 Å². The lowest BCUT2D eigenvalue weighted by molar-refractivity contribution is 0.0712. The minimum atomic E-state index is 0.0601. The summed E-state index contributed by atoms with van der Waals surface area (Å²) in [5, 5.41) is 13.2. The molecular formula is C20H27N7O. The Kier molecular flexibility index (Phi) is 5.13. The molecule has 0 N–H and O–H groups in total. The number of amides is 1. The van der Waals surface area contributed by atoms with E-state index in [4.69, 9.17) is 0 Å². The highest BCUT2D eigenvalue weighted by Gasteiger charge is 2.29. The molecular weight excluding hydrogens is 354 g/mol. The van der Waals surface area contributed by atoms with Gasteiger partial charge in [0.15, 0.2) is 0 Å². The summed E-state index contributed by atoms with van der Waals surface area (Å²) in [4.78, 5) is 17.0. The topological polar surface area (TPSA) is 71.6 Å². The number of rotatable bonds is 5. The molecule has 4 rings (SSSR count). The van der Waals surface area contributed by atoms with Gasteiger partial charge in [-0.1, -0.05) is 6.07 Å². The van der Waals surface area contributed by atoms with E-state index in [9.17, 15) is 4.79 Å². The fourth-order valence-electron chi connectivity index (χ4n) is 4.01. The lowest BCUT2D eigenvalue weighted by Crippen LogP contribution is -2.38. The molecule has 0 atom stereocenters. The number of likely N-dealkylation sites (tertiary alicyclic amines) is 1. The Morgan fingerprint density at radius 3 is 2.71 bits per heavy atom. The van der Waals surface area contributed by atoms with Crippen LogP contribution in [0.3, 0.4) is 0 Å². The number of fused-ring (bicyclic) bond motifs is 1. The van der Waals surface area contributed by atoms with Gasteiger partial charge in [0, 0.05) is 31.7 Å². The van der Waals surface area contributed by atoms with Gasteiger partial charge in [-0.05, 0) is 46.0 Å². The van der Waals surface area contributed by atoms with Crippen LogP contribution in [0.1, 0.15) is 47.7 Å². The normalized spacial score (nSPS) is 15.6. The highest BCUT2D eigenvalue weighted by Crippen LogP contribution is 2.28. The molecule has 1 aliphatic heterocycles. The van der Waals surface area contributed by atoms with Crippen LogP contribution in [0.15, 0.2) is 30.6 Å². The number of piperidine rings is 1. The van der Waals surface area contributed by atoms with Crippen molar-refractivity contribution >= 4 is 11.4 Å². The average molecular weight is 381 g/mol. The molecule has 3 aromatic heterocycles. The predicted octanol–water partition coefficient (Wildman–Crippen LogP) is 2.03. The second kappa shape index (κ2) is 7.71. The van der Waals surface area contributed by atoms with Crippen LogP contribution in [0.4, 0.5) is 0 Å². The number of carbonyl (C=O) groups excluding carboxylic acids is 1. The smallest absolute Gasteiger partial charge is 0.257 e. The summed E-state index contributed by atoms with van der Waals surface area (Å²) in [5.74, 6) is 2.47. The highest BCUT2D eigenvalue weighted by molar-refractivity contribution is 6.00. The number of nitrogens with zero attached hydrogens (tertiary/aromatic N) is 7. The third kappa shape index (κ3) is 3.40. The van der Waals surface area contributed by atoms with Crippen LogP contribution in [0.5, 0.6) is 0 Å². The Hall–Kier alpha value is -2.74. The standard InChI is InChI=1S/C20H27N7O/c1-4-26-18(14-24(2)3)22-23-19(26)15-8-11-25(12-9-15)20(28)16-13-21-27-10-6-5-7-17(16)27/h5-7,10,13,15H,4,8-9,11-12,14H2,1-3H3. The quantitative estimate of drug-likeness (QED) is 0.676. The van der Waals surface area contributed by atoms with E-state index >= 15 is 0 Å². The summed E-state index contributed by atoms with van der Waals surface area (Å²) in [5.41, 5.74) is 1.53. The first-order valence-electron chi connectivity index (χ1n) is 9.86. The molecule has 1 aliphatic rings. The maximum Gasteiger partial charge on any atom is 0.257 e. The van der Waals surface area contributed by atoms with Crippen LogP contribution < -0.4 is 0 Å². The molecule has 1 fully saturated rings. The van der Waals surface area contributed by atoms with E-state index < -0.39 is 0 Å². The molecule has 0 aromatic carbocycles. The van der Waals surface area contributed by atoms with Crippen LogP contribution in [0, 0.1) is 0 Å². The Labute approximate surface area is 164 Å². The van der Waals surface area contributed by atoms with Gasteiger partial charge in [0.05, 0.1) is 23.8 Å². The monoisotopic (exact) mass is 381 g/mol. The summed E-state index contributed by atoms with van der Waals surface area (Å²) in [7, 11) is 4.08. The lowest BCUT2D eigenvalue weighted by Gasteiger charge is -2.31. The van der Waals surface area contributed by atoms with Gasteiger partial charge in [-0.2, -0.15) is 5.10 Å². The summed E-state index contributed by atoms with van der Waals surface area (Å²) in [6.07, 6.45) is 5.35. The van der Waals surface area contributed by atoms with Crippen molar-refractivity contribution < 1.29 is 4.79 Å². The zero-order valence-electron chi connectivity index (χ0n) is 16.7. The number of pyridine rings is 1. The average Bonchev–Trinajstić information content (AvgIpc) is 3.31. The molecule has 0 bridgehead atoms. The van der Waals surface area contributed by atoms with Gasteiger partial charge < -0.3 is 14.4 Å². The molecule has 3 aromatic rings. The van der Waals surface area contributed by atoms with Crippen molar-refractivity contribution in [2.75, 3.05) is 27.2 Å². The molecule has 0 unspecified atom stereocenters. The third-order valence-electron chi connectivity index (χ3n) is 5.43. The third-order valence-corrected chi connectivity index (χ3v) is 5.43. The molecule has 0 saturated carbocycles. The summed E-state index contributed by atoms with van der Waals surface area (Å²) in [6, 6.07) is 5.78. The highest BCUT2D eigenvalue weighted by atomic mass is 16.2. The van der Waals surface area contributed by atoms with E-state index in [1.165, 1.54) is 0 Å². The molecule has 0 aliphatic carbocycles. The van der Waals surface area contributed by atoms with E-state index in [2.05, 4.69) is 31.7 Å². The Balaban J connectivity index is 1.46. The number of aromatic nitrogens is 5. The summed E-state index contributed by atoms with van der Waals surface area (Å²) >= 11 is 0. The summed E-state index contributed by atoms with van der Waals surface area (Å²) in [6.45, 7) is 5.25. The van der Waals surface area contributed by atoms with E-state index in [0.29, 0.717) is 11.5 Å². The van der Waals surface area contributed by atoms with E-state index in [-0.39, 0.29) is 5.91 Å². The van der Waals surface area contributed by atoms with Crippen molar-refractivity contribution in [2.24, 2.45) is 0 Å². The van der Waals surface area contributed by atoms with Gasteiger partial charge in [0.2, 0.25) is 0 Å². The fourth-order valence-corrected chi connectivity index (χ4v) is 4.01. The lowest BCUT2D eigenvalue weighted by atomic mass is 9.95. The number of carbonyl (C=O) groups is 1. The molecule has 1 amide bonds. The van der Waals surface area contributed by atoms with Crippen LogP contribution in [0.25, 0.3) is 5.52 Å². The Bertz CT molecular complexity index is 966. The first-order chi connectivity index (χ1) is 13.6. The van der Waals surface area contributed by atoms with Gasteiger partial charge in [-0.3, -0.25) is 4.79 Å². The Morgan fingerprint density at radius 2 is 2.00 bits per heavy atom. The molecule has 28 heavy (non-hydrogen) atoms. The Morgan fingerprint density at radius 1 is 1.21 bits per heavy atom. The molecule has 0 spiro atoms. The second-order valence-electron chi connectivity index (χ2n) is 7.61. The first kappa shape index (κ1) is 18.6. The largest absolute Gasteiger partial charge is 0.338 e. The van der Waals surface area contributed by atoms with Crippen molar-refractivity contribution in [3.8, 4) is 0 Å². The first-order valence-corrected chi connectivity index (χ1v) is 9.86. The summed E-state index contributed by atoms with van der Waals surface area (Å²) < 4.78 is 3.98. The zero-order valence-corrected chi connectivity index (χ0v) is 16.7.